The van der Waals surface area contributed by atoms with E-state index in [0.29, 0.717) is 28.0 Å². The summed E-state index contributed by atoms with van der Waals surface area (Å²) < 4.78 is 6.54. The van der Waals surface area contributed by atoms with E-state index in [1.807, 2.05) is 0 Å². The Morgan fingerprint density at radius 3 is 2.82 bits per heavy atom. The van der Waals surface area contributed by atoms with Gasteiger partial charge >= 0.3 is 5.97 Å². The third-order valence-electron chi connectivity index (χ3n) is 4.87. The Kier molecular flexibility index (Phi) is 5.98. The minimum Gasteiger partial charge on any atom is -0.462 e. The quantitative estimate of drug-likeness (QED) is 0.776. The second-order valence-corrected chi connectivity index (χ2v) is 8.30. The van der Waals surface area contributed by atoms with Gasteiger partial charge in [0.25, 0.3) is 5.56 Å². The number of carbonyl (C=O) groups excluding carboxylic acids is 2. The fraction of sp³-hybridized carbons (Fsp3) is 0.500. The lowest BCUT2D eigenvalue weighted by molar-refractivity contribution is -0.116. The Labute approximate surface area is 167 Å². The summed E-state index contributed by atoms with van der Waals surface area (Å²) in [7, 11) is 0. The summed E-state index contributed by atoms with van der Waals surface area (Å²) in [5.41, 5.74) is 1.80. The molecule has 0 aliphatic heterocycles. The van der Waals surface area contributed by atoms with E-state index >= 15 is 0 Å². The number of ether oxygens (including phenoxy) is 1. The zero-order valence-electron chi connectivity index (χ0n) is 16.6. The molecule has 0 fully saturated rings. The highest BCUT2D eigenvalue weighted by Crippen LogP contribution is 2.40. The van der Waals surface area contributed by atoms with Crippen molar-refractivity contribution in [3.05, 3.63) is 43.9 Å². The highest BCUT2D eigenvalue weighted by Gasteiger charge is 2.29. The van der Waals surface area contributed by atoms with Crippen molar-refractivity contribution < 1.29 is 14.3 Å². The average Bonchev–Trinajstić information content (AvgIpc) is 2.95. The zero-order chi connectivity index (χ0) is 20.4. The molecule has 2 heterocycles. The Morgan fingerprint density at radius 2 is 2.14 bits per heavy atom. The number of nitrogens with one attached hydrogen (secondary N) is 1. The van der Waals surface area contributed by atoms with Crippen LogP contribution in [0.15, 0.2) is 10.9 Å². The molecule has 0 saturated heterocycles. The van der Waals surface area contributed by atoms with E-state index in [-0.39, 0.29) is 24.6 Å². The first-order valence-electron chi connectivity index (χ1n) is 9.46. The third kappa shape index (κ3) is 4.16. The summed E-state index contributed by atoms with van der Waals surface area (Å²) in [6.45, 7) is 7.50. The van der Waals surface area contributed by atoms with E-state index in [9.17, 15) is 14.4 Å². The van der Waals surface area contributed by atoms with Gasteiger partial charge in [-0.15, -0.1) is 11.3 Å². The predicted octanol–water partition coefficient (Wildman–Crippen LogP) is 2.86. The number of hydrogen-bond donors (Lipinski definition) is 1. The van der Waals surface area contributed by atoms with E-state index in [4.69, 9.17) is 4.74 Å². The molecule has 2 aromatic heterocycles. The molecule has 1 atom stereocenters. The zero-order valence-corrected chi connectivity index (χ0v) is 17.4. The molecular formula is C20H25N3O4S. The molecule has 0 radical (unpaired) electrons. The van der Waals surface area contributed by atoms with Crippen LogP contribution < -0.4 is 10.9 Å². The predicted molar refractivity (Wildman–Crippen MR) is 108 cm³/mol. The molecular weight excluding hydrogens is 378 g/mol. The van der Waals surface area contributed by atoms with Gasteiger partial charge in [0.1, 0.15) is 17.4 Å². The van der Waals surface area contributed by atoms with Crippen LogP contribution in [0.3, 0.4) is 0 Å². The maximum Gasteiger partial charge on any atom is 0.341 e. The van der Waals surface area contributed by atoms with Crippen molar-refractivity contribution in [3.8, 4) is 0 Å². The Morgan fingerprint density at radius 1 is 1.39 bits per heavy atom. The third-order valence-corrected chi connectivity index (χ3v) is 6.04. The van der Waals surface area contributed by atoms with Crippen molar-refractivity contribution in [1.82, 2.24) is 9.55 Å². The van der Waals surface area contributed by atoms with Gasteiger partial charge in [-0.2, -0.15) is 0 Å². The Balaban J connectivity index is 1.88. The van der Waals surface area contributed by atoms with Gasteiger partial charge in [-0.25, -0.2) is 9.78 Å². The standard InChI is InChI=1S/C20H25N3O4S/c1-5-27-20(26)18-14-7-6-11(2)8-15(14)28-19(18)22-16(24)10-23-13(4)21-12(3)9-17(23)25/h9,11H,5-8,10H2,1-4H3,(H,22,24)/t11-/m0/s1. The summed E-state index contributed by atoms with van der Waals surface area (Å²) >= 11 is 1.43. The molecule has 3 rings (SSSR count). The number of amides is 1. The fourth-order valence-electron chi connectivity index (χ4n) is 3.52. The largest absolute Gasteiger partial charge is 0.462 e. The van der Waals surface area contributed by atoms with Gasteiger partial charge in [0, 0.05) is 16.6 Å². The number of hydrogen-bond acceptors (Lipinski definition) is 6. The van der Waals surface area contributed by atoms with Crippen LogP contribution in [0.1, 0.15) is 52.6 Å². The number of anilines is 1. The van der Waals surface area contributed by atoms with Crippen molar-refractivity contribution in [1.29, 1.82) is 0 Å². The van der Waals surface area contributed by atoms with Crippen molar-refractivity contribution in [2.24, 2.45) is 5.92 Å². The number of rotatable bonds is 5. The minimum absolute atomic E-state index is 0.154. The topological polar surface area (TPSA) is 90.3 Å². The molecule has 7 nitrogen and oxygen atoms in total. The lowest BCUT2D eigenvalue weighted by Gasteiger charge is -2.18. The van der Waals surface area contributed by atoms with Crippen LogP contribution in [0, 0.1) is 19.8 Å². The molecule has 1 aliphatic rings. The summed E-state index contributed by atoms with van der Waals surface area (Å²) in [5, 5.41) is 3.34. The summed E-state index contributed by atoms with van der Waals surface area (Å²) in [5.74, 6) is 0.248. The molecule has 28 heavy (non-hydrogen) atoms. The van der Waals surface area contributed by atoms with Crippen LogP contribution in [0.5, 0.6) is 0 Å². The highest BCUT2D eigenvalue weighted by atomic mass is 32.1. The van der Waals surface area contributed by atoms with E-state index in [1.165, 1.54) is 22.0 Å². The van der Waals surface area contributed by atoms with Crippen LogP contribution in [0.25, 0.3) is 0 Å². The molecule has 0 bridgehead atoms. The minimum atomic E-state index is -0.407. The number of aryl methyl sites for hydroxylation is 2. The molecule has 0 aromatic carbocycles. The number of esters is 1. The molecule has 0 spiro atoms. The lowest BCUT2D eigenvalue weighted by Crippen LogP contribution is -2.30. The molecule has 1 N–H and O–H groups in total. The maximum absolute atomic E-state index is 12.6. The van der Waals surface area contributed by atoms with Crippen LogP contribution in [0.2, 0.25) is 0 Å². The van der Waals surface area contributed by atoms with Gasteiger partial charge in [-0.05, 0) is 51.5 Å². The van der Waals surface area contributed by atoms with E-state index in [0.717, 1.165) is 29.7 Å². The second kappa shape index (κ2) is 8.26. The van der Waals surface area contributed by atoms with Crippen molar-refractivity contribution in [3.63, 3.8) is 0 Å². The van der Waals surface area contributed by atoms with Gasteiger partial charge in [0.05, 0.1) is 12.2 Å². The van der Waals surface area contributed by atoms with Crippen molar-refractivity contribution in [2.45, 2.75) is 53.5 Å². The lowest BCUT2D eigenvalue weighted by atomic mass is 9.88. The number of aromatic nitrogens is 2. The fourth-order valence-corrected chi connectivity index (χ4v) is 4.94. The van der Waals surface area contributed by atoms with Crippen LogP contribution in [0.4, 0.5) is 5.00 Å². The van der Waals surface area contributed by atoms with Gasteiger partial charge < -0.3 is 10.1 Å². The van der Waals surface area contributed by atoms with Gasteiger partial charge in [-0.3, -0.25) is 14.2 Å². The maximum atomic E-state index is 12.6. The Hall–Kier alpha value is -2.48. The first-order valence-corrected chi connectivity index (χ1v) is 10.3. The molecule has 150 valence electrons. The highest BCUT2D eigenvalue weighted by molar-refractivity contribution is 7.17. The SMILES string of the molecule is CCOC(=O)c1c(NC(=O)Cn2c(C)nc(C)cc2=O)sc2c1CC[C@H](C)C2. The summed E-state index contributed by atoms with van der Waals surface area (Å²) in [6.07, 6.45) is 2.70. The van der Waals surface area contributed by atoms with E-state index in [2.05, 4.69) is 17.2 Å². The van der Waals surface area contributed by atoms with Crippen molar-refractivity contribution in [2.75, 3.05) is 11.9 Å². The number of thiophene rings is 1. The van der Waals surface area contributed by atoms with Crippen LogP contribution >= 0.6 is 11.3 Å². The number of carbonyl (C=O) groups is 2. The van der Waals surface area contributed by atoms with Crippen LogP contribution in [-0.2, 0) is 28.9 Å². The van der Waals surface area contributed by atoms with Crippen molar-refractivity contribution >= 4 is 28.2 Å². The first kappa shape index (κ1) is 20.3. The summed E-state index contributed by atoms with van der Waals surface area (Å²) in [4.78, 5) is 42.7. The molecule has 2 aromatic rings. The molecule has 0 unspecified atom stereocenters. The van der Waals surface area contributed by atoms with E-state index < -0.39 is 5.97 Å². The smallest absolute Gasteiger partial charge is 0.341 e. The number of fused-ring (bicyclic) bond motifs is 1. The average molecular weight is 404 g/mol. The molecule has 8 heteroatoms. The van der Waals surface area contributed by atoms with Gasteiger partial charge in [0.2, 0.25) is 5.91 Å². The Bertz CT molecular complexity index is 977. The molecule has 0 saturated carbocycles. The first-order chi connectivity index (χ1) is 13.3. The van der Waals surface area contributed by atoms with Gasteiger partial charge in [0.15, 0.2) is 0 Å². The molecule has 1 amide bonds. The van der Waals surface area contributed by atoms with Crippen LogP contribution in [-0.4, -0.2) is 28.0 Å². The molecule has 1 aliphatic carbocycles. The second-order valence-electron chi connectivity index (χ2n) is 7.19. The van der Waals surface area contributed by atoms with Gasteiger partial charge in [-0.1, -0.05) is 6.92 Å². The normalized spacial score (nSPS) is 15.8. The number of nitrogens with zero attached hydrogens (tertiary/aromatic N) is 2. The summed E-state index contributed by atoms with van der Waals surface area (Å²) in [6, 6.07) is 1.40. The van der Waals surface area contributed by atoms with E-state index in [1.54, 1.807) is 20.8 Å². The monoisotopic (exact) mass is 403 g/mol.